The highest BCUT2D eigenvalue weighted by atomic mass is 35.5. The van der Waals surface area contributed by atoms with Crippen molar-refractivity contribution >= 4 is 46.7 Å². The van der Waals surface area contributed by atoms with Crippen molar-refractivity contribution in [2.24, 2.45) is 0 Å². The molecule has 2 aromatic heterocycles. The zero-order valence-electron chi connectivity index (χ0n) is 10.0. The number of pyridine rings is 1. The van der Waals surface area contributed by atoms with Crippen molar-refractivity contribution in [3.8, 4) is 0 Å². The largest absolute Gasteiger partial charge is 0.478 e. The number of hydrogen-bond donors (Lipinski definition) is 2. The lowest BCUT2D eigenvalue weighted by molar-refractivity contribution is -0.131. The van der Waals surface area contributed by atoms with Gasteiger partial charge in [-0.25, -0.2) is 9.78 Å². The van der Waals surface area contributed by atoms with Gasteiger partial charge in [0.05, 0.1) is 10.7 Å². The third kappa shape index (κ3) is 3.66. The van der Waals surface area contributed by atoms with E-state index in [-0.39, 0.29) is 5.91 Å². The highest BCUT2D eigenvalue weighted by Gasteiger charge is 2.12. The summed E-state index contributed by atoms with van der Waals surface area (Å²) in [5, 5.41) is 13.3. The van der Waals surface area contributed by atoms with Gasteiger partial charge in [0.1, 0.15) is 10.7 Å². The number of carboxylic acid groups (broad SMARTS) is 1. The van der Waals surface area contributed by atoms with Crippen LogP contribution in [-0.2, 0) is 4.79 Å². The van der Waals surface area contributed by atoms with Crippen LogP contribution in [0.1, 0.15) is 15.4 Å². The predicted molar refractivity (Wildman–Crippen MR) is 78.2 cm³/mol. The number of thiophene rings is 1. The second-order valence-electron chi connectivity index (χ2n) is 3.67. The maximum Gasteiger partial charge on any atom is 0.328 e. The number of anilines is 1. The Balaban J connectivity index is 2.14. The molecular weight excluding hydrogens is 300 g/mol. The third-order valence-electron chi connectivity index (χ3n) is 2.23. The van der Waals surface area contributed by atoms with E-state index < -0.39 is 5.97 Å². The molecule has 0 saturated heterocycles. The van der Waals surface area contributed by atoms with Crippen LogP contribution < -0.4 is 5.32 Å². The van der Waals surface area contributed by atoms with Crippen LogP contribution in [-0.4, -0.2) is 22.0 Å². The minimum absolute atomic E-state index is 0.326. The number of aliphatic carboxylic acids is 1. The standard InChI is InChI=1S/C13H9ClN2O3S/c14-9-6-7-20-12(9)13(19)16-10-3-1-2-8(15-10)4-5-11(17)18/h1-7H,(H,17,18)(H,15,16,19)/b5-4+. The van der Waals surface area contributed by atoms with Gasteiger partial charge in [-0.15, -0.1) is 11.3 Å². The van der Waals surface area contributed by atoms with Crippen molar-refractivity contribution < 1.29 is 14.7 Å². The van der Waals surface area contributed by atoms with E-state index in [1.807, 2.05) is 0 Å². The molecule has 7 heteroatoms. The maximum absolute atomic E-state index is 11.9. The van der Waals surface area contributed by atoms with Crippen LogP contribution in [0.2, 0.25) is 5.02 Å². The molecule has 0 atom stereocenters. The number of nitrogens with one attached hydrogen (secondary N) is 1. The van der Waals surface area contributed by atoms with Crippen LogP contribution in [0, 0.1) is 0 Å². The Kier molecular flexibility index (Phi) is 4.49. The van der Waals surface area contributed by atoms with Gasteiger partial charge in [-0.3, -0.25) is 4.79 Å². The van der Waals surface area contributed by atoms with Crippen molar-refractivity contribution in [1.29, 1.82) is 0 Å². The molecule has 0 spiro atoms. The van der Waals surface area contributed by atoms with Crippen LogP contribution >= 0.6 is 22.9 Å². The number of amides is 1. The summed E-state index contributed by atoms with van der Waals surface area (Å²) in [4.78, 5) is 26.9. The molecule has 0 aliphatic rings. The fourth-order valence-electron chi connectivity index (χ4n) is 1.40. The van der Waals surface area contributed by atoms with E-state index in [4.69, 9.17) is 16.7 Å². The first-order valence-electron chi connectivity index (χ1n) is 5.48. The highest BCUT2D eigenvalue weighted by Crippen LogP contribution is 2.22. The molecule has 102 valence electrons. The third-order valence-corrected chi connectivity index (χ3v) is 3.57. The summed E-state index contributed by atoms with van der Waals surface area (Å²) in [7, 11) is 0. The van der Waals surface area contributed by atoms with Gasteiger partial charge in [0, 0.05) is 6.08 Å². The molecular formula is C13H9ClN2O3S. The summed E-state index contributed by atoms with van der Waals surface area (Å²) in [5.41, 5.74) is 0.433. The molecule has 0 bridgehead atoms. The summed E-state index contributed by atoms with van der Waals surface area (Å²) in [6.07, 6.45) is 2.32. The topological polar surface area (TPSA) is 79.3 Å². The zero-order chi connectivity index (χ0) is 14.5. The van der Waals surface area contributed by atoms with E-state index >= 15 is 0 Å². The van der Waals surface area contributed by atoms with Gasteiger partial charge in [0.2, 0.25) is 0 Å². The molecule has 2 aromatic rings. The number of halogens is 1. The Morgan fingerprint density at radius 2 is 2.15 bits per heavy atom. The van der Waals surface area contributed by atoms with E-state index in [0.29, 0.717) is 21.4 Å². The predicted octanol–water partition coefficient (Wildman–Crippen LogP) is 3.15. The summed E-state index contributed by atoms with van der Waals surface area (Å²) in [6, 6.07) is 6.55. The lowest BCUT2D eigenvalue weighted by Gasteiger charge is -2.04. The molecule has 0 aliphatic heterocycles. The molecule has 1 amide bonds. The molecule has 2 rings (SSSR count). The minimum Gasteiger partial charge on any atom is -0.478 e. The molecule has 5 nitrogen and oxygen atoms in total. The molecule has 2 N–H and O–H groups in total. The van der Waals surface area contributed by atoms with Crippen LogP contribution in [0.15, 0.2) is 35.7 Å². The Labute approximate surface area is 123 Å². The molecule has 0 radical (unpaired) electrons. The molecule has 0 aromatic carbocycles. The number of aromatic nitrogens is 1. The zero-order valence-corrected chi connectivity index (χ0v) is 11.6. The first-order valence-corrected chi connectivity index (χ1v) is 6.74. The second kappa shape index (κ2) is 6.31. The van der Waals surface area contributed by atoms with Gasteiger partial charge < -0.3 is 10.4 Å². The van der Waals surface area contributed by atoms with Crippen LogP contribution in [0.3, 0.4) is 0 Å². The number of hydrogen-bond acceptors (Lipinski definition) is 4. The molecule has 0 fully saturated rings. The monoisotopic (exact) mass is 308 g/mol. The Morgan fingerprint density at radius 3 is 2.80 bits per heavy atom. The second-order valence-corrected chi connectivity index (χ2v) is 4.99. The SMILES string of the molecule is O=C(O)/C=C/c1cccc(NC(=O)c2sccc2Cl)n1. The lowest BCUT2D eigenvalue weighted by atomic mass is 10.3. The van der Waals surface area contributed by atoms with E-state index in [1.54, 1.807) is 29.6 Å². The average Bonchev–Trinajstić information content (AvgIpc) is 2.83. The quantitative estimate of drug-likeness (QED) is 0.850. The van der Waals surface area contributed by atoms with Gasteiger partial charge in [-0.1, -0.05) is 17.7 Å². The van der Waals surface area contributed by atoms with Gasteiger partial charge in [0.15, 0.2) is 0 Å². The highest BCUT2D eigenvalue weighted by molar-refractivity contribution is 7.12. The average molecular weight is 309 g/mol. The van der Waals surface area contributed by atoms with Crippen LogP contribution in [0.5, 0.6) is 0 Å². The molecule has 0 saturated carbocycles. The summed E-state index contributed by atoms with van der Waals surface area (Å²) in [6.45, 7) is 0. The number of nitrogens with zero attached hydrogens (tertiary/aromatic N) is 1. The molecule has 20 heavy (non-hydrogen) atoms. The minimum atomic E-state index is -1.06. The molecule has 0 aliphatic carbocycles. The van der Waals surface area contributed by atoms with E-state index in [0.717, 1.165) is 6.08 Å². The number of carboxylic acids is 1. The van der Waals surface area contributed by atoms with Crippen molar-refractivity contribution in [1.82, 2.24) is 4.98 Å². The number of rotatable bonds is 4. The van der Waals surface area contributed by atoms with Crippen molar-refractivity contribution in [2.75, 3.05) is 5.32 Å². The summed E-state index contributed by atoms with van der Waals surface area (Å²) >= 11 is 7.10. The van der Waals surface area contributed by atoms with Gasteiger partial charge in [-0.2, -0.15) is 0 Å². The summed E-state index contributed by atoms with van der Waals surface area (Å²) in [5.74, 6) is -1.09. The van der Waals surface area contributed by atoms with Crippen molar-refractivity contribution in [3.63, 3.8) is 0 Å². The van der Waals surface area contributed by atoms with Crippen LogP contribution in [0.4, 0.5) is 5.82 Å². The number of carbonyl (C=O) groups excluding carboxylic acids is 1. The van der Waals surface area contributed by atoms with Gasteiger partial charge >= 0.3 is 5.97 Å². The summed E-state index contributed by atoms with van der Waals surface area (Å²) < 4.78 is 0. The van der Waals surface area contributed by atoms with Gasteiger partial charge in [0.25, 0.3) is 5.91 Å². The van der Waals surface area contributed by atoms with Crippen molar-refractivity contribution in [2.45, 2.75) is 0 Å². The van der Waals surface area contributed by atoms with E-state index in [1.165, 1.54) is 17.4 Å². The molecule has 0 unspecified atom stereocenters. The van der Waals surface area contributed by atoms with Crippen molar-refractivity contribution in [3.05, 3.63) is 51.3 Å². The lowest BCUT2D eigenvalue weighted by Crippen LogP contribution is -2.12. The fourth-order valence-corrected chi connectivity index (χ4v) is 2.44. The first-order chi connectivity index (χ1) is 9.56. The smallest absolute Gasteiger partial charge is 0.328 e. The molecule has 2 heterocycles. The van der Waals surface area contributed by atoms with Gasteiger partial charge in [-0.05, 0) is 29.7 Å². The first kappa shape index (κ1) is 14.2. The number of carbonyl (C=O) groups is 2. The Morgan fingerprint density at radius 1 is 1.35 bits per heavy atom. The Bertz CT molecular complexity index is 682. The maximum atomic E-state index is 11.9. The fraction of sp³-hybridized carbons (Fsp3) is 0. The Hall–Kier alpha value is -2.18. The van der Waals surface area contributed by atoms with E-state index in [2.05, 4.69) is 10.3 Å². The van der Waals surface area contributed by atoms with E-state index in [9.17, 15) is 9.59 Å². The normalized spacial score (nSPS) is 10.7. The van der Waals surface area contributed by atoms with Crippen LogP contribution in [0.25, 0.3) is 6.08 Å².